The predicted molar refractivity (Wildman–Crippen MR) is 70.7 cm³/mol. The minimum atomic E-state index is -0.665. The highest BCUT2D eigenvalue weighted by Crippen LogP contribution is 2.37. The van der Waals surface area contributed by atoms with E-state index in [2.05, 4.69) is 24.1 Å². The monoisotopic (exact) mass is 241 g/mol. The largest absolute Gasteiger partial charge is 0.353 e. The Bertz CT molecular complexity index is 249. The van der Waals surface area contributed by atoms with Crippen LogP contribution in [-0.4, -0.2) is 42.5 Å². The molecule has 0 saturated heterocycles. The normalized spacial score (nSPS) is 19.1. The van der Waals surface area contributed by atoms with Gasteiger partial charge in [0.05, 0.1) is 5.54 Å². The summed E-state index contributed by atoms with van der Waals surface area (Å²) in [6.45, 7) is 9.91. The number of hydrogen-bond acceptors (Lipinski definition) is 3. The van der Waals surface area contributed by atoms with Crippen molar-refractivity contribution in [1.29, 1.82) is 0 Å². The van der Waals surface area contributed by atoms with Crippen molar-refractivity contribution >= 4 is 5.91 Å². The number of hydrogen-bond donors (Lipinski definition) is 2. The second-order valence-electron chi connectivity index (χ2n) is 5.25. The van der Waals surface area contributed by atoms with Gasteiger partial charge < -0.3 is 16.0 Å². The summed E-state index contributed by atoms with van der Waals surface area (Å²) in [5, 5.41) is 2.96. The Morgan fingerprint density at radius 1 is 1.41 bits per heavy atom. The molecular weight excluding hydrogens is 214 g/mol. The lowest BCUT2D eigenvalue weighted by atomic mass is 9.96. The molecule has 0 aromatic rings. The topological polar surface area (TPSA) is 58.4 Å². The third-order valence-corrected chi connectivity index (χ3v) is 3.62. The fourth-order valence-corrected chi connectivity index (χ4v) is 2.13. The SMILES string of the molecule is CCCN(CC)CCNC(=O)C(C)(N)C1CC1. The van der Waals surface area contributed by atoms with Crippen molar-refractivity contribution in [3.63, 3.8) is 0 Å². The molecule has 1 aliphatic rings. The van der Waals surface area contributed by atoms with Crippen molar-refractivity contribution in [1.82, 2.24) is 10.2 Å². The van der Waals surface area contributed by atoms with Crippen LogP contribution in [0.3, 0.4) is 0 Å². The van der Waals surface area contributed by atoms with Crippen molar-refractivity contribution in [3.05, 3.63) is 0 Å². The van der Waals surface area contributed by atoms with Crippen molar-refractivity contribution < 1.29 is 4.79 Å². The molecule has 17 heavy (non-hydrogen) atoms. The molecule has 100 valence electrons. The molecule has 0 spiro atoms. The maximum absolute atomic E-state index is 11.9. The molecule has 4 nitrogen and oxygen atoms in total. The highest BCUT2D eigenvalue weighted by molar-refractivity contribution is 5.86. The Balaban J connectivity index is 2.23. The molecule has 4 heteroatoms. The van der Waals surface area contributed by atoms with E-state index >= 15 is 0 Å². The van der Waals surface area contributed by atoms with Crippen LogP contribution in [0.1, 0.15) is 40.0 Å². The number of nitrogens with two attached hydrogens (primary N) is 1. The van der Waals surface area contributed by atoms with Crippen molar-refractivity contribution in [2.24, 2.45) is 11.7 Å². The second kappa shape index (κ2) is 6.36. The average Bonchev–Trinajstić information content (AvgIpc) is 3.11. The molecule has 0 aromatic heterocycles. The summed E-state index contributed by atoms with van der Waals surface area (Å²) in [6, 6.07) is 0. The highest BCUT2D eigenvalue weighted by Gasteiger charge is 2.43. The van der Waals surface area contributed by atoms with E-state index in [1.807, 2.05) is 6.92 Å². The van der Waals surface area contributed by atoms with Gasteiger partial charge in [0.2, 0.25) is 5.91 Å². The van der Waals surface area contributed by atoms with Gasteiger partial charge in [0, 0.05) is 13.1 Å². The molecule has 1 atom stereocenters. The smallest absolute Gasteiger partial charge is 0.240 e. The van der Waals surface area contributed by atoms with Gasteiger partial charge in [0.15, 0.2) is 0 Å². The summed E-state index contributed by atoms with van der Waals surface area (Å²) >= 11 is 0. The van der Waals surface area contributed by atoms with Crippen LogP contribution in [0.15, 0.2) is 0 Å². The van der Waals surface area contributed by atoms with E-state index < -0.39 is 5.54 Å². The van der Waals surface area contributed by atoms with E-state index in [9.17, 15) is 4.79 Å². The number of likely N-dealkylation sites (N-methyl/N-ethyl adjacent to an activating group) is 1. The molecule has 1 aliphatic carbocycles. The van der Waals surface area contributed by atoms with Gasteiger partial charge in [0.25, 0.3) is 0 Å². The molecule has 0 radical (unpaired) electrons. The molecule has 1 unspecified atom stereocenters. The zero-order valence-corrected chi connectivity index (χ0v) is 11.5. The molecule has 1 fully saturated rings. The minimum Gasteiger partial charge on any atom is -0.353 e. The van der Waals surface area contributed by atoms with E-state index in [0.717, 1.165) is 38.9 Å². The summed E-state index contributed by atoms with van der Waals surface area (Å²) in [4.78, 5) is 14.3. The molecule has 0 aromatic carbocycles. The van der Waals surface area contributed by atoms with Gasteiger partial charge in [0.1, 0.15) is 0 Å². The number of nitrogens with zero attached hydrogens (tertiary/aromatic N) is 1. The van der Waals surface area contributed by atoms with E-state index in [0.29, 0.717) is 12.5 Å². The second-order valence-corrected chi connectivity index (χ2v) is 5.25. The third kappa shape index (κ3) is 4.28. The lowest BCUT2D eigenvalue weighted by molar-refractivity contribution is -0.126. The molecule has 0 heterocycles. The highest BCUT2D eigenvalue weighted by atomic mass is 16.2. The minimum absolute atomic E-state index is 0.00699. The van der Waals surface area contributed by atoms with Crippen LogP contribution in [0.2, 0.25) is 0 Å². The first-order chi connectivity index (χ1) is 8.02. The van der Waals surface area contributed by atoms with Crippen molar-refractivity contribution in [2.75, 3.05) is 26.2 Å². The quantitative estimate of drug-likeness (QED) is 0.665. The Hall–Kier alpha value is -0.610. The van der Waals surface area contributed by atoms with Crippen molar-refractivity contribution in [2.45, 2.75) is 45.6 Å². The lowest BCUT2D eigenvalue weighted by Gasteiger charge is -2.25. The van der Waals surface area contributed by atoms with Gasteiger partial charge in [-0.25, -0.2) is 0 Å². The Morgan fingerprint density at radius 3 is 2.53 bits per heavy atom. The van der Waals surface area contributed by atoms with Crippen LogP contribution in [0.5, 0.6) is 0 Å². The molecule has 3 N–H and O–H groups in total. The molecular formula is C13H27N3O. The average molecular weight is 241 g/mol. The van der Waals surface area contributed by atoms with Gasteiger partial charge in [-0.05, 0) is 45.2 Å². The first-order valence-corrected chi connectivity index (χ1v) is 6.81. The van der Waals surface area contributed by atoms with Crippen LogP contribution in [-0.2, 0) is 4.79 Å². The Kier molecular flexibility index (Phi) is 5.40. The zero-order chi connectivity index (χ0) is 12.9. The van der Waals surface area contributed by atoms with Crippen LogP contribution in [0.4, 0.5) is 0 Å². The van der Waals surface area contributed by atoms with Gasteiger partial charge in [-0.2, -0.15) is 0 Å². The number of nitrogens with one attached hydrogen (secondary N) is 1. The van der Waals surface area contributed by atoms with Crippen LogP contribution >= 0.6 is 0 Å². The maximum Gasteiger partial charge on any atom is 0.240 e. The zero-order valence-electron chi connectivity index (χ0n) is 11.5. The van der Waals surface area contributed by atoms with E-state index in [4.69, 9.17) is 5.73 Å². The van der Waals surface area contributed by atoms with Gasteiger partial charge in [-0.1, -0.05) is 13.8 Å². The molecule has 1 saturated carbocycles. The summed E-state index contributed by atoms with van der Waals surface area (Å²) < 4.78 is 0. The summed E-state index contributed by atoms with van der Waals surface area (Å²) in [5.41, 5.74) is 5.38. The fraction of sp³-hybridized carbons (Fsp3) is 0.923. The predicted octanol–water partition coefficient (Wildman–Crippen LogP) is 0.962. The van der Waals surface area contributed by atoms with Gasteiger partial charge in [-0.15, -0.1) is 0 Å². The Morgan fingerprint density at radius 2 is 2.06 bits per heavy atom. The van der Waals surface area contributed by atoms with Crippen LogP contribution in [0.25, 0.3) is 0 Å². The fourth-order valence-electron chi connectivity index (χ4n) is 2.13. The summed E-state index contributed by atoms with van der Waals surface area (Å²) in [6.07, 6.45) is 3.34. The van der Waals surface area contributed by atoms with E-state index in [-0.39, 0.29) is 5.91 Å². The van der Waals surface area contributed by atoms with Gasteiger partial charge >= 0.3 is 0 Å². The number of carbonyl (C=O) groups excluding carboxylic acids is 1. The standard InChI is InChI=1S/C13H27N3O/c1-4-9-16(5-2)10-8-15-12(17)13(3,14)11-6-7-11/h11H,4-10,14H2,1-3H3,(H,15,17). The molecule has 1 amide bonds. The van der Waals surface area contributed by atoms with E-state index in [1.165, 1.54) is 0 Å². The van der Waals surface area contributed by atoms with Crippen LogP contribution < -0.4 is 11.1 Å². The molecule has 0 aliphatic heterocycles. The molecule has 0 bridgehead atoms. The number of rotatable bonds is 8. The third-order valence-electron chi connectivity index (χ3n) is 3.62. The lowest BCUT2D eigenvalue weighted by Crippen LogP contribution is -2.54. The van der Waals surface area contributed by atoms with E-state index in [1.54, 1.807) is 0 Å². The summed E-state index contributed by atoms with van der Waals surface area (Å²) in [7, 11) is 0. The Labute approximate surface area is 105 Å². The summed E-state index contributed by atoms with van der Waals surface area (Å²) in [5.74, 6) is 0.396. The van der Waals surface area contributed by atoms with Crippen LogP contribution in [0, 0.1) is 5.92 Å². The molecule has 1 rings (SSSR count). The first kappa shape index (κ1) is 14.5. The number of amides is 1. The first-order valence-electron chi connectivity index (χ1n) is 6.81. The van der Waals surface area contributed by atoms with Gasteiger partial charge in [-0.3, -0.25) is 4.79 Å². The van der Waals surface area contributed by atoms with Crippen molar-refractivity contribution in [3.8, 4) is 0 Å². The number of carbonyl (C=O) groups is 1. The maximum atomic E-state index is 11.9.